The van der Waals surface area contributed by atoms with E-state index in [4.69, 9.17) is 14.2 Å². The van der Waals surface area contributed by atoms with Gasteiger partial charge in [-0.15, -0.1) is 0 Å². The van der Waals surface area contributed by atoms with Crippen molar-refractivity contribution in [2.75, 3.05) is 0 Å². The maximum Gasteiger partial charge on any atom is 0.305 e. The summed E-state index contributed by atoms with van der Waals surface area (Å²) in [5.74, 6) is -3.33. The standard InChI is InChI=1S/C32H50O7/c1-17-15-31(37-18(2)33,24-26(5,6)38-24)39-32(36)22(17)27(7)13-14-30-16-29(30)12-11-21(34)25(3,4)19(29)9-10-20(30)28(27,8)23(32)35/h17,19-24,34-36H,9-16H2,1-8H3/t17-,19+,20+,21+,22-,23-,24+,27-,28-,29-,30+,31+,32+/m1/s1. The molecule has 7 heteroatoms. The van der Waals surface area contributed by atoms with Crippen LogP contribution in [0.15, 0.2) is 0 Å². The lowest BCUT2D eigenvalue weighted by Crippen LogP contribution is -2.64. The van der Waals surface area contributed by atoms with Crippen LogP contribution in [-0.2, 0) is 19.0 Å². The highest BCUT2D eigenvalue weighted by Crippen LogP contribution is 2.89. The number of aliphatic hydroxyl groups excluding tert-OH is 2. The second kappa shape index (κ2) is 7.24. The Bertz CT molecular complexity index is 1120. The van der Waals surface area contributed by atoms with Crippen molar-refractivity contribution < 1.29 is 34.3 Å². The van der Waals surface area contributed by atoms with Gasteiger partial charge in [0.1, 0.15) is 6.10 Å². The molecule has 0 radical (unpaired) electrons. The van der Waals surface area contributed by atoms with E-state index in [-0.39, 0.29) is 45.5 Å². The average molecular weight is 547 g/mol. The topological polar surface area (TPSA) is 109 Å². The molecular formula is C32H50O7. The first-order valence-corrected chi connectivity index (χ1v) is 15.5. The Morgan fingerprint density at radius 2 is 1.54 bits per heavy atom. The van der Waals surface area contributed by atoms with Crippen LogP contribution < -0.4 is 0 Å². The SMILES string of the molecule is CC(=O)O[C@@]1([C@H]2OC2(C)C)C[C@@H](C)[C@H]2[C@](O)(O1)[C@H](O)[C@@]1(C)[C@@H]3CC[C@H]4C(C)(C)[C@@H](O)CC[C@@]45C[C@@]35CC[C@]21C. The van der Waals surface area contributed by atoms with E-state index in [1.165, 1.54) is 13.3 Å². The first kappa shape index (κ1) is 27.1. The van der Waals surface area contributed by atoms with Crippen molar-refractivity contribution in [1.29, 1.82) is 0 Å². The fourth-order valence-corrected chi connectivity index (χ4v) is 13.0. The number of hydrogen-bond donors (Lipinski definition) is 3. The fourth-order valence-electron chi connectivity index (χ4n) is 13.0. The van der Waals surface area contributed by atoms with E-state index in [1.807, 2.05) is 13.8 Å². The molecule has 0 amide bonds. The van der Waals surface area contributed by atoms with Gasteiger partial charge >= 0.3 is 5.97 Å². The quantitative estimate of drug-likeness (QED) is 0.344. The molecule has 7 fully saturated rings. The number of aliphatic hydroxyl groups is 3. The summed E-state index contributed by atoms with van der Waals surface area (Å²) in [5, 5.41) is 36.0. The zero-order chi connectivity index (χ0) is 28.4. The van der Waals surface area contributed by atoms with E-state index in [1.54, 1.807) is 0 Å². The van der Waals surface area contributed by atoms with Gasteiger partial charge in [0.2, 0.25) is 11.6 Å². The van der Waals surface area contributed by atoms with E-state index >= 15 is 0 Å². The van der Waals surface area contributed by atoms with Crippen molar-refractivity contribution in [3.8, 4) is 0 Å². The molecule has 7 aliphatic rings. The lowest BCUT2D eigenvalue weighted by atomic mass is 9.41. The zero-order valence-electron chi connectivity index (χ0n) is 25.2. The Kier molecular flexibility index (Phi) is 5.04. The largest absolute Gasteiger partial charge is 0.430 e. The summed E-state index contributed by atoms with van der Waals surface area (Å²) in [4.78, 5) is 12.3. The van der Waals surface area contributed by atoms with Gasteiger partial charge in [0.15, 0.2) is 6.10 Å². The molecule has 5 aliphatic carbocycles. The predicted octanol–water partition coefficient (Wildman–Crippen LogP) is 4.55. The fraction of sp³-hybridized carbons (Fsp3) is 0.969. The maximum absolute atomic E-state index is 12.6. The van der Waals surface area contributed by atoms with Gasteiger partial charge in [-0.1, -0.05) is 34.6 Å². The highest BCUT2D eigenvalue weighted by molar-refractivity contribution is 5.66. The molecule has 220 valence electrons. The van der Waals surface area contributed by atoms with Crippen LogP contribution in [0.2, 0.25) is 0 Å². The summed E-state index contributed by atoms with van der Waals surface area (Å²) in [5.41, 5.74) is -1.17. The van der Waals surface area contributed by atoms with Crippen LogP contribution in [0.25, 0.3) is 0 Å². The van der Waals surface area contributed by atoms with Crippen molar-refractivity contribution in [3.05, 3.63) is 0 Å². The third-order valence-electron chi connectivity index (χ3n) is 14.6. The smallest absolute Gasteiger partial charge is 0.305 e. The third-order valence-corrected chi connectivity index (χ3v) is 14.6. The van der Waals surface area contributed by atoms with Gasteiger partial charge in [0, 0.05) is 24.7 Å². The van der Waals surface area contributed by atoms with Crippen LogP contribution in [-0.4, -0.2) is 56.8 Å². The van der Waals surface area contributed by atoms with E-state index in [0.717, 1.165) is 38.5 Å². The molecule has 2 aliphatic heterocycles. The third kappa shape index (κ3) is 2.82. The molecule has 0 aromatic carbocycles. The van der Waals surface area contributed by atoms with Gasteiger partial charge in [0.05, 0.1) is 11.7 Å². The minimum Gasteiger partial charge on any atom is -0.430 e. The minimum atomic E-state index is -1.84. The second-order valence-corrected chi connectivity index (χ2v) is 16.7. The Hall–Kier alpha value is -0.730. The Labute approximate surface area is 233 Å². The van der Waals surface area contributed by atoms with E-state index in [2.05, 4.69) is 34.6 Å². The summed E-state index contributed by atoms with van der Waals surface area (Å²) < 4.78 is 18.5. The van der Waals surface area contributed by atoms with Crippen molar-refractivity contribution in [2.24, 2.45) is 50.7 Å². The van der Waals surface area contributed by atoms with Crippen LogP contribution in [0.4, 0.5) is 0 Å². The van der Waals surface area contributed by atoms with Gasteiger partial charge < -0.3 is 29.5 Å². The number of ether oxygens (including phenoxy) is 3. The summed E-state index contributed by atoms with van der Waals surface area (Å²) in [6.07, 6.45) is 5.73. The molecule has 7 nitrogen and oxygen atoms in total. The van der Waals surface area contributed by atoms with Gasteiger partial charge in [-0.05, 0) is 98.2 Å². The van der Waals surface area contributed by atoms with Crippen LogP contribution in [0, 0.1) is 50.7 Å². The molecule has 0 aromatic heterocycles. The van der Waals surface area contributed by atoms with Crippen molar-refractivity contribution in [1.82, 2.24) is 0 Å². The average Bonchev–Trinajstić information content (AvgIpc) is 3.67. The summed E-state index contributed by atoms with van der Waals surface area (Å²) >= 11 is 0. The normalized spacial score (nSPS) is 61.6. The number of carbonyl (C=O) groups is 1. The first-order chi connectivity index (χ1) is 17.9. The molecule has 39 heavy (non-hydrogen) atoms. The molecule has 3 N–H and O–H groups in total. The van der Waals surface area contributed by atoms with E-state index in [9.17, 15) is 20.1 Å². The number of rotatable bonds is 2. The molecule has 0 aromatic rings. The molecule has 0 bridgehead atoms. The number of hydrogen-bond acceptors (Lipinski definition) is 7. The van der Waals surface area contributed by atoms with Gasteiger partial charge in [-0.3, -0.25) is 4.79 Å². The monoisotopic (exact) mass is 546 g/mol. The number of carbonyl (C=O) groups excluding carboxylic acids is 1. The first-order valence-electron chi connectivity index (χ1n) is 15.5. The molecule has 5 saturated carbocycles. The molecule has 2 spiro atoms. The van der Waals surface area contributed by atoms with Crippen LogP contribution >= 0.6 is 0 Å². The van der Waals surface area contributed by atoms with Gasteiger partial charge in [-0.2, -0.15) is 0 Å². The zero-order valence-corrected chi connectivity index (χ0v) is 25.2. The van der Waals surface area contributed by atoms with E-state index in [0.29, 0.717) is 12.3 Å². The summed E-state index contributed by atoms with van der Waals surface area (Å²) in [7, 11) is 0. The number of fused-ring (bicyclic) bond motifs is 4. The minimum absolute atomic E-state index is 0.0492. The number of esters is 1. The number of epoxide rings is 1. The van der Waals surface area contributed by atoms with Crippen LogP contribution in [0.5, 0.6) is 0 Å². The van der Waals surface area contributed by atoms with Crippen molar-refractivity contribution in [3.63, 3.8) is 0 Å². The van der Waals surface area contributed by atoms with Gasteiger partial charge in [-0.25, -0.2) is 0 Å². The molecule has 7 rings (SSSR count). The highest BCUT2D eigenvalue weighted by atomic mass is 16.8. The molecule has 13 atom stereocenters. The molecule has 2 heterocycles. The van der Waals surface area contributed by atoms with Crippen molar-refractivity contribution >= 4 is 5.97 Å². The molecular weight excluding hydrogens is 496 g/mol. The summed E-state index contributed by atoms with van der Waals surface area (Å²) in [6.45, 7) is 16.4. The lowest BCUT2D eigenvalue weighted by molar-refractivity contribution is -0.406. The van der Waals surface area contributed by atoms with Crippen molar-refractivity contribution in [2.45, 2.75) is 142 Å². The molecule has 2 saturated heterocycles. The Morgan fingerprint density at radius 1 is 0.923 bits per heavy atom. The lowest BCUT2D eigenvalue weighted by Gasteiger charge is -2.63. The maximum atomic E-state index is 12.6. The second-order valence-electron chi connectivity index (χ2n) is 16.7. The molecule has 0 unspecified atom stereocenters. The van der Waals surface area contributed by atoms with Gasteiger partial charge in [0.25, 0.3) is 0 Å². The highest BCUT2D eigenvalue weighted by Gasteiger charge is 2.87. The van der Waals surface area contributed by atoms with Crippen LogP contribution in [0.3, 0.4) is 0 Å². The van der Waals surface area contributed by atoms with Crippen LogP contribution in [0.1, 0.15) is 107 Å². The van der Waals surface area contributed by atoms with E-state index < -0.39 is 40.8 Å². The Morgan fingerprint density at radius 3 is 2.15 bits per heavy atom. The Balaban J connectivity index is 1.30. The predicted molar refractivity (Wildman–Crippen MR) is 143 cm³/mol. The summed E-state index contributed by atoms with van der Waals surface area (Å²) in [6, 6.07) is 0.